The Morgan fingerprint density at radius 3 is 2.86 bits per heavy atom. The third-order valence-corrected chi connectivity index (χ3v) is 3.82. The van der Waals surface area contributed by atoms with Gasteiger partial charge in [-0.15, -0.1) is 0 Å². The fraction of sp³-hybridized carbons (Fsp3) is 0.500. The molecule has 6 heteroatoms. The number of carboxylic acid groups (broad SMARTS) is 1. The minimum absolute atomic E-state index is 0.00759. The molecule has 1 aliphatic rings. The van der Waals surface area contributed by atoms with Crippen LogP contribution in [0.1, 0.15) is 25.3 Å². The first kappa shape index (κ1) is 16.4. The SMILES string of the molecule is CC(CC(=O)NC1(C(=O)O)CCOC1)Cc1cccc(F)c1. The van der Waals surface area contributed by atoms with Crippen LogP contribution in [-0.2, 0) is 20.7 Å². The zero-order chi connectivity index (χ0) is 16.2. The molecular weight excluding hydrogens is 289 g/mol. The third kappa shape index (κ3) is 4.04. The molecule has 1 amide bonds. The van der Waals surface area contributed by atoms with Gasteiger partial charge in [0, 0.05) is 19.4 Å². The van der Waals surface area contributed by atoms with Crippen molar-refractivity contribution in [3.8, 4) is 0 Å². The van der Waals surface area contributed by atoms with E-state index >= 15 is 0 Å². The van der Waals surface area contributed by atoms with Gasteiger partial charge in [-0.3, -0.25) is 4.79 Å². The molecule has 5 nitrogen and oxygen atoms in total. The molecule has 0 bridgehead atoms. The highest BCUT2D eigenvalue weighted by atomic mass is 19.1. The molecule has 2 unspecified atom stereocenters. The van der Waals surface area contributed by atoms with E-state index in [1.165, 1.54) is 12.1 Å². The number of aliphatic carboxylic acids is 1. The standard InChI is InChI=1S/C16H20FNO4/c1-11(7-12-3-2-4-13(17)9-12)8-14(19)18-16(15(20)21)5-6-22-10-16/h2-4,9,11H,5-8,10H2,1H3,(H,18,19)(H,20,21). The summed E-state index contributed by atoms with van der Waals surface area (Å²) in [7, 11) is 0. The first-order chi connectivity index (χ1) is 10.4. The molecule has 1 heterocycles. The molecule has 2 rings (SSSR count). The Hall–Kier alpha value is -1.95. The van der Waals surface area contributed by atoms with Crippen LogP contribution >= 0.6 is 0 Å². The maximum Gasteiger partial charge on any atom is 0.331 e. The van der Waals surface area contributed by atoms with E-state index in [9.17, 15) is 19.1 Å². The number of amides is 1. The summed E-state index contributed by atoms with van der Waals surface area (Å²) < 4.78 is 18.2. The van der Waals surface area contributed by atoms with E-state index in [1.54, 1.807) is 12.1 Å². The largest absolute Gasteiger partial charge is 0.479 e. The molecule has 0 aromatic heterocycles. The average Bonchev–Trinajstić information content (AvgIpc) is 2.88. The summed E-state index contributed by atoms with van der Waals surface area (Å²) in [5.41, 5.74) is -0.493. The van der Waals surface area contributed by atoms with Crippen molar-refractivity contribution in [3.63, 3.8) is 0 Å². The van der Waals surface area contributed by atoms with Crippen LogP contribution < -0.4 is 5.32 Å². The van der Waals surface area contributed by atoms with Gasteiger partial charge in [-0.05, 0) is 30.0 Å². The fourth-order valence-corrected chi connectivity index (χ4v) is 2.66. The van der Waals surface area contributed by atoms with Crippen LogP contribution in [0.3, 0.4) is 0 Å². The summed E-state index contributed by atoms with van der Waals surface area (Å²) in [4.78, 5) is 23.4. The molecule has 1 aliphatic heterocycles. The molecule has 0 radical (unpaired) electrons. The zero-order valence-corrected chi connectivity index (χ0v) is 12.5. The second-order valence-corrected chi connectivity index (χ2v) is 5.88. The van der Waals surface area contributed by atoms with Crippen LogP contribution in [0.4, 0.5) is 4.39 Å². The number of ether oxygens (including phenoxy) is 1. The number of hydrogen-bond donors (Lipinski definition) is 2. The van der Waals surface area contributed by atoms with Crippen molar-refractivity contribution in [2.24, 2.45) is 5.92 Å². The van der Waals surface area contributed by atoms with Crippen molar-refractivity contribution in [1.29, 1.82) is 0 Å². The number of carbonyl (C=O) groups is 2. The predicted octanol–water partition coefficient (Wildman–Crippen LogP) is 1.75. The van der Waals surface area contributed by atoms with E-state index < -0.39 is 11.5 Å². The maximum absolute atomic E-state index is 13.1. The van der Waals surface area contributed by atoms with E-state index in [1.807, 2.05) is 6.92 Å². The maximum atomic E-state index is 13.1. The van der Waals surface area contributed by atoms with Gasteiger partial charge in [0.05, 0.1) is 6.61 Å². The number of carboxylic acids is 1. The summed E-state index contributed by atoms with van der Waals surface area (Å²) in [5, 5.41) is 11.9. The van der Waals surface area contributed by atoms with Gasteiger partial charge in [-0.2, -0.15) is 0 Å². The molecular formula is C16H20FNO4. The van der Waals surface area contributed by atoms with Crippen molar-refractivity contribution < 1.29 is 23.8 Å². The monoisotopic (exact) mass is 309 g/mol. The van der Waals surface area contributed by atoms with Gasteiger partial charge in [0.25, 0.3) is 0 Å². The minimum atomic E-state index is -1.31. The Bertz CT molecular complexity index is 555. The lowest BCUT2D eigenvalue weighted by Gasteiger charge is -2.24. The highest BCUT2D eigenvalue weighted by Crippen LogP contribution is 2.20. The second-order valence-electron chi connectivity index (χ2n) is 5.88. The highest BCUT2D eigenvalue weighted by molar-refractivity contribution is 5.87. The van der Waals surface area contributed by atoms with E-state index in [0.29, 0.717) is 13.0 Å². The van der Waals surface area contributed by atoms with Gasteiger partial charge in [0.2, 0.25) is 5.91 Å². The van der Waals surface area contributed by atoms with Crippen LogP contribution in [0, 0.1) is 11.7 Å². The van der Waals surface area contributed by atoms with Crippen molar-refractivity contribution in [3.05, 3.63) is 35.6 Å². The highest BCUT2D eigenvalue weighted by Gasteiger charge is 2.43. The molecule has 0 aliphatic carbocycles. The molecule has 22 heavy (non-hydrogen) atoms. The van der Waals surface area contributed by atoms with E-state index in [2.05, 4.69) is 5.32 Å². The lowest BCUT2D eigenvalue weighted by atomic mass is 9.95. The molecule has 1 aromatic rings. The van der Waals surface area contributed by atoms with Crippen LogP contribution in [0.25, 0.3) is 0 Å². The summed E-state index contributed by atoms with van der Waals surface area (Å²) >= 11 is 0. The Balaban J connectivity index is 1.89. The van der Waals surface area contributed by atoms with Crippen molar-refractivity contribution >= 4 is 11.9 Å². The number of carbonyl (C=O) groups excluding carboxylic acids is 1. The van der Waals surface area contributed by atoms with Crippen LogP contribution in [-0.4, -0.2) is 35.7 Å². The van der Waals surface area contributed by atoms with E-state index in [0.717, 1.165) is 5.56 Å². The molecule has 0 saturated carbocycles. The van der Waals surface area contributed by atoms with E-state index in [-0.39, 0.29) is 37.1 Å². The Morgan fingerprint density at radius 2 is 2.27 bits per heavy atom. The minimum Gasteiger partial charge on any atom is -0.479 e. The molecule has 120 valence electrons. The molecule has 0 spiro atoms. The van der Waals surface area contributed by atoms with Gasteiger partial charge >= 0.3 is 5.97 Å². The lowest BCUT2D eigenvalue weighted by molar-refractivity contribution is -0.147. The summed E-state index contributed by atoms with van der Waals surface area (Å²) in [6.45, 7) is 2.20. The number of nitrogens with one attached hydrogen (secondary N) is 1. The fourth-order valence-electron chi connectivity index (χ4n) is 2.66. The van der Waals surface area contributed by atoms with Crippen molar-refractivity contribution in [2.75, 3.05) is 13.2 Å². The Morgan fingerprint density at radius 1 is 1.50 bits per heavy atom. The smallest absolute Gasteiger partial charge is 0.331 e. The third-order valence-electron chi connectivity index (χ3n) is 3.82. The number of hydrogen-bond acceptors (Lipinski definition) is 3. The molecule has 1 fully saturated rings. The Kier molecular flexibility index (Phi) is 5.13. The lowest BCUT2D eigenvalue weighted by Crippen LogP contribution is -2.55. The topological polar surface area (TPSA) is 75.6 Å². The molecule has 1 aromatic carbocycles. The van der Waals surface area contributed by atoms with Crippen LogP contribution in [0.15, 0.2) is 24.3 Å². The first-order valence-corrected chi connectivity index (χ1v) is 7.28. The predicted molar refractivity (Wildman–Crippen MR) is 77.8 cm³/mol. The summed E-state index contributed by atoms with van der Waals surface area (Å²) in [6, 6.07) is 6.25. The van der Waals surface area contributed by atoms with Gasteiger partial charge in [-0.1, -0.05) is 19.1 Å². The number of benzene rings is 1. The van der Waals surface area contributed by atoms with E-state index in [4.69, 9.17) is 4.74 Å². The number of halogens is 1. The van der Waals surface area contributed by atoms with Gasteiger partial charge < -0.3 is 15.2 Å². The van der Waals surface area contributed by atoms with Crippen LogP contribution in [0.2, 0.25) is 0 Å². The average molecular weight is 309 g/mol. The second kappa shape index (κ2) is 6.87. The van der Waals surface area contributed by atoms with Gasteiger partial charge in [-0.25, -0.2) is 9.18 Å². The van der Waals surface area contributed by atoms with Crippen LogP contribution in [0.5, 0.6) is 0 Å². The van der Waals surface area contributed by atoms with Crippen molar-refractivity contribution in [1.82, 2.24) is 5.32 Å². The quantitative estimate of drug-likeness (QED) is 0.839. The summed E-state index contributed by atoms with van der Waals surface area (Å²) in [5.74, 6) is -1.72. The van der Waals surface area contributed by atoms with Gasteiger partial charge in [0.15, 0.2) is 5.54 Å². The zero-order valence-electron chi connectivity index (χ0n) is 12.5. The summed E-state index contributed by atoms with van der Waals surface area (Å²) in [6.07, 6.45) is 1.01. The number of rotatable bonds is 6. The molecule has 1 saturated heterocycles. The normalized spacial score (nSPS) is 22.3. The Labute approximate surface area is 128 Å². The first-order valence-electron chi connectivity index (χ1n) is 7.28. The van der Waals surface area contributed by atoms with Gasteiger partial charge in [0.1, 0.15) is 5.82 Å². The molecule has 2 atom stereocenters. The molecule has 2 N–H and O–H groups in total. The van der Waals surface area contributed by atoms with Crippen molar-refractivity contribution in [2.45, 2.75) is 31.7 Å².